The van der Waals surface area contributed by atoms with Gasteiger partial charge in [0.25, 0.3) is 0 Å². The SMILES string of the molecule is Cc1ccc(-c2cnc(OC3CN4CCC3CC4)nc2)cc1. The highest BCUT2D eigenvalue weighted by Crippen LogP contribution is 2.30. The lowest BCUT2D eigenvalue weighted by atomic mass is 9.86. The quantitative estimate of drug-likeness (QED) is 0.872. The van der Waals surface area contributed by atoms with E-state index in [2.05, 4.69) is 46.1 Å². The van der Waals surface area contributed by atoms with Crippen LogP contribution in [-0.2, 0) is 0 Å². The van der Waals surface area contributed by atoms with Crippen LogP contribution in [0.1, 0.15) is 18.4 Å². The van der Waals surface area contributed by atoms with Gasteiger partial charge in [-0.1, -0.05) is 29.8 Å². The van der Waals surface area contributed by atoms with Crippen LogP contribution in [-0.4, -0.2) is 40.6 Å². The van der Waals surface area contributed by atoms with Gasteiger partial charge in [-0.05, 0) is 44.3 Å². The molecule has 2 bridgehead atoms. The fraction of sp³-hybridized carbons (Fsp3) is 0.444. The minimum atomic E-state index is 0.257. The van der Waals surface area contributed by atoms with Crippen molar-refractivity contribution in [1.82, 2.24) is 14.9 Å². The van der Waals surface area contributed by atoms with Crippen molar-refractivity contribution in [2.24, 2.45) is 5.92 Å². The van der Waals surface area contributed by atoms with Gasteiger partial charge < -0.3 is 4.74 Å². The summed E-state index contributed by atoms with van der Waals surface area (Å²) in [7, 11) is 0. The van der Waals surface area contributed by atoms with Crippen molar-refractivity contribution < 1.29 is 4.74 Å². The summed E-state index contributed by atoms with van der Waals surface area (Å²) < 4.78 is 6.04. The van der Waals surface area contributed by atoms with Gasteiger partial charge in [-0.2, -0.15) is 0 Å². The van der Waals surface area contributed by atoms with E-state index in [1.54, 1.807) is 0 Å². The summed E-state index contributed by atoms with van der Waals surface area (Å²) >= 11 is 0. The minimum absolute atomic E-state index is 0.257. The molecular formula is C18H21N3O. The van der Waals surface area contributed by atoms with Crippen LogP contribution < -0.4 is 4.74 Å². The first-order valence-electron chi connectivity index (χ1n) is 8.06. The Bertz CT molecular complexity index is 630. The topological polar surface area (TPSA) is 38.2 Å². The zero-order chi connectivity index (χ0) is 14.9. The first kappa shape index (κ1) is 13.7. The Morgan fingerprint density at radius 1 is 1.00 bits per heavy atom. The van der Waals surface area contributed by atoms with Gasteiger partial charge in [0.15, 0.2) is 0 Å². The van der Waals surface area contributed by atoms with E-state index >= 15 is 0 Å². The number of aryl methyl sites for hydroxylation is 1. The molecule has 0 amide bonds. The van der Waals surface area contributed by atoms with Crippen LogP contribution >= 0.6 is 0 Å². The van der Waals surface area contributed by atoms with E-state index in [4.69, 9.17) is 4.74 Å². The molecule has 1 unspecified atom stereocenters. The van der Waals surface area contributed by atoms with Gasteiger partial charge in [-0.15, -0.1) is 0 Å². The van der Waals surface area contributed by atoms with Crippen molar-refractivity contribution >= 4 is 0 Å². The van der Waals surface area contributed by atoms with Crippen LogP contribution in [0.2, 0.25) is 0 Å². The summed E-state index contributed by atoms with van der Waals surface area (Å²) in [4.78, 5) is 11.3. The van der Waals surface area contributed by atoms with E-state index < -0.39 is 0 Å². The molecule has 0 spiro atoms. The Labute approximate surface area is 131 Å². The Morgan fingerprint density at radius 3 is 2.27 bits per heavy atom. The second-order valence-electron chi connectivity index (χ2n) is 6.41. The van der Waals surface area contributed by atoms with Crippen LogP contribution in [0.25, 0.3) is 11.1 Å². The second kappa shape index (κ2) is 5.69. The summed E-state index contributed by atoms with van der Waals surface area (Å²) in [6.45, 7) is 5.55. The molecule has 3 saturated heterocycles. The van der Waals surface area contributed by atoms with Crippen LogP contribution in [0.4, 0.5) is 0 Å². The third kappa shape index (κ3) is 2.71. The summed E-state index contributed by atoms with van der Waals surface area (Å²) in [5, 5.41) is 0. The minimum Gasteiger partial charge on any atom is -0.458 e. The van der Waals surface area contributed by atoms with Crippen molar-refractivity contribution in [3.05, 3.63) is 42.2 Å². The number of nitrogens with zero attached hydrogens (tertiary/aromatic N) is 3. The molecule has 0 radical (unpaired) electrons. The predicted octanol–water partition coefficient (Wildman–Crippen LogP) is 2.93. The third-order valence-corrected chi connectivity index (χ3v) is 4.87. The molecule has 3 aliphatic rings. The molecule has 114 valence electrons. The molecule has 1 aromatic carbocycles. The molecule has 5 rings (SSSR count). The monoisotopic (exact) mass is 295 g/mol. The molecule has 1 aromatic heterocycles. The van der Waals surface area contributed by atoms with Gasteiger partial charge in [0, 0.05) is 24.5 Å². The summed E-state index contributed by atoms with van der Waals surface area (Å²) in [5.74, 6) is 0.672. The smallest absolute Gasteiger partial charge is 0.316 e. The summed E-state index contributed by atoms with van der Waals surface area (Å²) in [6.07, 6.45) is 6.45. The van der Waals surface area contributed by atoms with Gasteiger partial charge in [-0.3, -0.25) is 4.90 Å². The molecule has 22 heavy (non-hydrogen) atoms. The van der Waals surface area contributed by atoms with Crippen LogP contribution in [0.15, 0.2) is 36.7 Å². The first-order chi connectivity index (χ1) is 10.8. The average molecular weight is 295 g/mol. The van der Waals surface area contributed by atoms with Crippen LogP contribution in [0, 0.1) is 12.8 Å². The highest BCUT2D eigenvalue weighted by molar-refractivity contribution is 5.61. The number of rotatable bonds is 3. The molecular weight excluding hydrogens is 274 g/mol. The molecule has 1 atom stereocenters. The van der Waals surface area contributed by atoms with E-state index in [1.165, 1.54) is 31.5 Å². The maximum atomic E-state index is 6.04. The Morgan fingerprint density at radius 2 is 1.68 bits per heavy atom. The van der Waals surface area contributed by atoms with E-state index in [9.17, 15) is 0 Å². The number of ether oxygens (including phenoxy) is 1. The standard InChI is InChI=1S/C18H21N3O/c1-13-2-4-14(5-3-13)16-10-19-18(20-11-16)22-17-12-21-8-6-15(17)7-9-21/h2-5,10-11,15,17H,6-9,12H2,1H3. The average Bonchev–Trinajstić information content (AvgIpc) is 2.58. The van der Waals surface area contributed by atoms with Crippen molar-refractivity contribution in [3.63, 3.8) is 0 Å². The first-order valence-corrected chi connectivity index (χ1v) is 8.06. The lowest BCUT2D eigenvalue weighted by Crippen LogP contribution is -2.52. The zero-order valence-corrected chi connectivity index (χ0v) is 12.9. The largest absolute Gasteiger partial charge is 0.458 e. The van der Waals surface area contributed by atoms with Gasteiger partial charge in [-0.25, -0.2) is 9.97 Å². The molecule has 4 nitrogen and oxygen atoms in total. The normalized spacial score (nSPS) is 26.9. The molecule has 0 N–H and O–H groups in total. The molecule has 0 aliphatic carbocycles. The van der Waals surface area contributed by atoms with E-state index in [0.717, 1.165) is 17.7 Å². The molecule has 4 heterocycles. The molecule has 4 heteroatoms. The van der Waals surface area contributed by atoms with Gasteiger partial charge >= 0.3 is 6.01 Å². The molecule has 3 fully saturated rings. The van der Waals surface area contributed by atoms with Crippen LogP contribution in [0.5, 0.6) is 6.01 Å². The number of aromatic nitrogens is 2. The number of hydrogen-bond acceptors (Lipinski definition) is 4. The fourth-order valence-corrected chi connectivity index (χ4v) is 3.45. The Hall–Kier alpha value is -1.94. The van der Waals surface area contributed by atoms with Crippen molar-refractivity contribution in [3.8, 4) is 17.1 Å². The van der Waals surface area contributed by atoms with E-state index in [0.29, 0.717) is 11.9 Å². The molecule has 0 saturated carbocycles. The van der Waals surface area contributed by atoms with Gasteiger partial charge in [0.2, 0.25) is 0 Å². The van der Waals surface area contributed by atoms with Crippen molar-refractivity contribution in [2.75, 3.05) is 19.6 Å². The highest BCUT2D eigenvalue weighted by Gasteiger charge is 2.35. The predicted molar refractivity (Wildman–Crippen MR) is 85.8 cm³/mol. The lowest BCUT2D eigenvalue weighted by molar-refractivity contribution is -0.0123. The Balaban J connectivity index is 1.46. The zero-order valence-electron chi connectivity index (χ0n) is 12.9. The van der Waals surface area contributed by atoms with E-state index in [-0.39, 0.29) is 6.10 Å². The van der Waals surface area contributed by atoms with Gasteiger partial charge in [0.1, 0.15) is 6.10 Å². The molecule has 2 aromatic rings. The lowest BCUT2D eigenvalue weighted by Gasteiger charge is -2.43. The number of benzene rings is 1. The number of hydrogen-bond donors (Lipinski definition) is 0. The van der Waals surface area contributed by atoms with Crippen molar-refractivity contribution in [1.29, 1.82) is 0 Å². The maximum absolute atomic E-state index is 6.04. The summed E-state index contributed by atoms with van der Waals surface area (Å²) in [5.41, 5.74) is 3.42. The van der Waals surface area contributed by atoms with E-state index in [1.807, 2.05) is 12.4 Å². The maximum Gasteiger partial charge on any atom is 0.316 e. The summed E-state index contributed by atoms with van der Waals surface area (Å²) in [6, 6.07) is 8.92. The third-order valence-electron chi connectivity index (χ3n) is 4.87. The van der Waals surface area contributed by atoms with Crippen molar-refractivity contribution in [2.45, 2.75) is 25.9 Å². The second-order valence-corrected chi connectivity index (χ2v) is 6.41. The number of piperidine rings is 3. The fourth-order valence-electron chi connectivity index (χ4n) is 3.45. The number of fused-ring (bicyclic) bond motifs is 3. The van der Waals surface area contributed by atoms with Crippen LogP contribution in [0.3, 0.4) is 0 Å². The van der Waals surface area contributed by atoms with Gasteiger partial charge in [0.05, 0.1) is 0 Å². The molecule has 3 aliphatic heterocycles. The highest BCUT2D eigenvalue weighted by atomic mass is 16.5. The Kier molecular flexibility index (Phi) is 3.54.